The van der Waals surface area contributed by atoms with E-state index in [4.69, 9.17) is 14.6 Å². The molecule has 0 heterocycles. The van der Waals surface area contributed by atoms with Crippen molar-refractivity contribution in [2.24, 2.45) is 0 Å². The molecule has 1 amide bonds. The number of hydrogen-bond donors (Lipinski definition) is 2. The van der Waals surface area contributed by atoms with Crippen molar-refractivity contribution in [2.75, 3.05) is 19.8 Å². The number of ether oxygens (including phenoxy) is 2. The Labute approximate surface area is 71.7 Å². The van der Waals surface area contributed by atoms with Gasteiger partial charge in [0.25, 0.3) is 0 Å². The van der Waals surface area contributed by atoms with Crippen LogP contribution in [0, 0.1) is 0 Å². The van der Waals surface area contributed by atoms with E-state index in [0.29, 0.717) is 13.2 Å². The van der Waals surface area contributed by atoms with E-state index in [-0.39, 0.29) is 6.54 Å². The summed E-state index contributed by atoms with van der Waals surface area (Å²) in [5.41, 5.74) is 0. The molecule has 0 fully saturated rings. The Morgan fingerprint density at radius 1 is 1.42 bits per heavy atom. The van der Waals surface area contributed by atoms with Crippen molar-refractivity contribution in [2.45, 2.75) is 20.1 Å². The maximum atomic E-state index is 10.1. The Kier molecular flexibility index (Phi) is 6.41. The molecule has 0 saturated heterocycles. The van der Waals surface area contributed by atoms with Gasteiger partial charge in [-0.25, -0.2) is 4.79 Å². The molecule has 12 heavy (non-hydrogen) atoms. The van der Waals surface area contributed by atoms with E-state index in [1.165, 1.54) is 0 Å². The summed E-state index contributed by atoms with van der Waals surface area (Å²) in [4.78, 5) is 10.1. The van der Waals surface area contributed by atoms with Gasteiger partial charge in [0, 0.05) is 13.2 Å². The van der Waals surface area contributed by atoms with Crippen LogP contribution >= 0.6 is 0 Å². The Balaban J connectivity index is 3.54. The van der Waals surface area contributed by atoms with E-state index in [2.05, 4.69) is 5.32 Å². The highest BCUT2D eigenvalue weighted by molar-refractivity contribution is 5.64. The second-order valence-electron chi connectivity index (χ2n) is 2.03. The lowest BCUT2D eigenvalue weighted by atomic mass is 10.6. The summed E-state index contributed by atoms with van der Waals surface area (Å²) in [6.45, 7) is 4.83. The molecule has 0 aromatic heterocycles. The van der Waals surface area contributed by atoms with Gasteiger partial charge in [0.1, 0.15) is 0 Å². The van der Waals surface area contributed by atoms with Crippen molar-refractivity contribution >= 4 is 6.09 Å². The van der Waals surface area contributed by atoms with Crippen molar-refractivity contribution in [1.82, 2.24) is 5.32 Å². The SMILES string of the molecule is CCOC(CNC(=O)O)OCC. The largest absolute Gasteiger partial charge is 0.465 e. The smallest absolute Gasteiger partial charge is 0.404 e. The molecule has 0 rings (SSSR count). The molecule has 72 valence electrons. The molecule has 5 nitrogen and oxygen atoms in total. The van der Waals surface area contributed by atoms with Crippen molar-refractivity contribution in [3.05, 3.63) is 0 Å². The highest BCUT2D eigenvalue weighted by Gasteiger charge is 2.08. The Hall–Kier alpha value is -0.810. The average molecular weight is 177 g/mol. The minimum atomic E-state index is -1.07. The van der Waals surface area contributed by atoms with Gasteiger partial charge in [-0.2, -0.15) is 0 Å². The van der Waals surface area contributed by atoms with Gasteiger partial charge in [-0.1, -0.05) is 0 Å². The summed E-state index contributed by atoms with van der Waals surface area (Å²) in [7, 11) is 0. The van der Waals surface area contributed by atoms with Gasteiger partial charge in [-0.15, -0.1) is 0 Å². The summed E-state index contributed by atoms with van der Waals surface area (Å²) < 4.78 is 10.2. The average Bonchev–Trinajstić information content (AvgIpc) is 2.01. The second kappa shape index (κ2) is 6.87. The fourth-order valence-electron chi connectivity index (χ4n) is 0.708. The van der Waals surface area contributed by atoms with Crippen LogP contribution in [-0.4, -0.2) is 37.2 Å². The highest BCUT2D eigenvalue weighted by Crippen LogP contribution is 1.92. The number of nitrogens with one attached hydrogen (secondary N) is 1. The molecule has 0 unspecified atom stereocenters. The third-order valence-corrected chi connectivity index (χ3v) is 1.13. The van der Waals surface area contributed by atoms with Gasteiger partial charge in [0.05, 0.1) is 6.54 Å². The molecule has 0 bridgehead atoms. The zero-order chi connectivity index (χ0) is 9.40. The third-order valence-electron chi connectivity index (χ3n) is 1.13. The van der Waals surface area contributed by atoms with Crippen LogP contribution in [-0.2, 0) is 9.47 Å². The Morgan fingerprint density at radius 2 is 1.92 bits per heavy atom. The van der Waals surface area contributed by atoms with Gasteiger partial charge >= 0.3 is 6.09 Å². The fourth-order valence-corrected chi connectivity index (χ4v) is 0.708. The summed E-state index contributed by atoms with van der Waals surface area (Å²) >= 11 is 0. The first-order valence-electron chi connectivity index (χ1n) is 3.90. The van der Waals surface area contributed by atoms with Gasteiger partial charge in [-0.3, -0.25) is 0 Å². The first kappa shape index (κ1) is 11.2. The Morgan fingerprint density at radius 3 is 2.25 bits per heavy atom. The van der Waals surface area contributed by atoms with Gasteiger partial charge in [0.2, 0.25) is 0 Å². The predicted octanol–water partition coefficient (Wildman–Crippen LogP) is 0.653. The van der Waals surface area contributed by atoms with E-state index in [9.17, 15) is 4.79 Å². The zero-order valence-corrected chi connectivity index (χ0v) is 7.37. The van der Waals surface area contributed by atoms with E-state index in [0.717, 1.165) is 0 Å². The van der Waals surface area contributed by atoms with E-state index >= 15 is 0 Å². The van der Waals surface area contributed by atoms with Gasteiger partial charge < -0.3 is 19.9 Å². The summed E-state index contributed by atoms with van der Waals surface area (Å²) in [5, 5.41) is 10.5. The van der Waals surface area contributed by atoms with E-state index in [1.807, 2.05) is 13.8 Å². The van der Waals surface area contributed by atoms with Crippen LogP contribution in [0.15, 0.2) is 0 Å². The lowest BCUT2D eigenvalue weighted by Gasteiger charge is -2.15. The number of carboxylic acid groups (broad SMARTS) is 1. The van der Waals surface area contributed by atoms with Crippen molar-refractivity contribution in [3.8, 4) is 0 Å². The third kappa shape index (κ3) is 5.94. The van der Waals surface area contributed by atoms with Crippen LogP contribution in [0.3, 0.4) is 0 Å². The van der Waals surface area contributed by atoms with Crippen LogP contribution in [0.5, 0.6) is 0 Å². The minimum absolute atomic E-state index is 0.164. The lowest BCUT2D eigenvalue weighted by molar-refractivity contribution is -0.131. The minimum Gasteiger partial charge on any atom is -0.465 e. The molecular formula is C7H15NO4. The number of rotatable bonds is 6. The number of carbonyl (C=O) groups is 1. The molecule has 0 aliphatic heterocycles. The lowest BCUT2D eigenvalue weighted by Crippen LogP contribution is -2.34. The normalized spacial score (nSPS) is 10.2. The first-order valence-corrected chi connectivity index (χ1v) is 3.90. The predicted molar refractivity (Wildman–Crippen MR) is 43.1 cm³/mol. The van der Waals surface area contributed by atoms with Crippen LogP contribution in [0.4, 0.5) is 4.79 Å². The second-order valence-corrected chi connectivity index (χ2v) is 2.03. The van der Waals surface area contributed by atoms with Crippen molar-refractivity contribution in [1.29, 1.82) is 0 Å². The fraction of sp³-hybridized carbons (Fsp3) is 0.857. The molecule has 0 aromatic carbocycles. The van der Waals surface area contributed by atoms with Crippen molar-refractivity contribution in [3.63, 3.8) is 0 Å². The van der Waals surface area contributed by atoms with Crippen molar-refractivity contribution < 1.29 is 19.4 Å². The van der Waals surface area contributed by atoms with Crippen LogP contribution in [0.1, 0.15) is 13.8 Å². The Bertz CT molecular complexity index is 123. The molecule has 0 saturated carbocycles. The monoisotopic (exact) mass is 177 g/mol. The molecule has 0 aliphatic rings. The quantitative estimate of drug-likeness (QED) is 0.584. The summed E-state index contributed by atoms with van der Waals surface area (Å²) in [6, 6.07) is 0. The van der Waals surface area contributed by atoms with Gasteiger partial charge in [-0.05, 0) is 13.8 Å². The zero-order valence-electron chi connectivity index (χ0n) is 7.37. The molecular weight excluding hydrogens is 162 g/mol. The maximum absolute atomic E-state index is 10.1. The molecule has 0 radical (unpaired) electrons. The first-order chi connectivity index (χ1) is 5.70. The number of amides is 1. The van der Waals surface area contributed by atoms with Crippen LogP contribution in [0.2, 0.25) is 0 Å². The number of hydrogen-bond acceptors (Lipinski definition) is 3. The summed E-state index contributed by atoms with van der Waals surface area (Å²) in [6.07, 6.45) is -1.55. The van der Waals surface area contributed by atoms with Crippen LogP contribution in [0.25, 0.3) is 0 Å². The molecule has 0 aromatic rings. The molecule has 5 heteroatoms. The highest BCUT2D eigenvalue weighted by atomic mass is 16.7. The summed E-state index contributed by atoms with van der Waals surface area (Å²) in [5.74, 6) is 0. The molecule has 0 spiro atoms. The molecule has 0 aliphatic carbocycles. The molecule has 0 atom stereocenters. The maximum Gasteiger partial charge on any atom is 0.404 e. The van der Waals surface area contributed by atoms with E-state index < -0.39 is 12.4 Å². The standard InChI is InChI=1S/C7H15NO4/c1-3-11-6(12-4-2)5-8-7(9)10/h6,8H,3-5H2,1-2H3,(H,9,10). The molecule has 2 N–H and O–H groups in total. The van der Waals surface area contributed by atoms with Crippen LogP contribution < -0.4 is 5.32 Å². The van der Waals surface area contributed by atoms with Gasteiger partial charge in [0.15, 0.2) is 6.29 Å². The van der Waals surface area contributed by atoms with E-state index in [1.54, 1.807) is 0 Å². The topological polar surface area (TPSA) is 67.8 Å².